The molecule has 1 heterocycles. The molecule has 0 aliphatic heterocycles. The van der Waals surface area contributed by atoms with Gasteiger partial charge in [-0.2, -0.15) is 5.10 Å². The number of carbonyl (C=O) groups excluding carboxylic acids is 1. The Kier molecular flexibility index (Phi) is 4.16. The molecule has 1 aliphatic rings. The van der Waals surface area contributed by atoms with Gasteiger partial charge in [0, 0.05) is 12.2 Å². The first-order valence-corrected chi connectivity index (χ1v) is 6.97. The van der Waals surface area contributed by atoms with Gasteiger partial charge in [0.1, 0.15) is 5.54 Å². The van der Waals surface area contributed by atoms with E-state index in [1.807, 2.05) is 20.8 Å². The van der Waals surface area contributed by atoms with Crippen LogP contribution in [0.3, 0.4) is 0 Å². The predicted octanol–water partition coefficient (Wildman–Crippen LogP) is 1.92. The van der Waals surface area contributed by atoms with E-state index in [1.54, 1.807) is 10.9 Å². The molecule has 19 heavy (non-hydrogen) atoms. The molecule has 1 aromatic heterocycles. The molecule has 6 heteroatoms. The van der Waals surface area contributed by atoms with Gasteiger partial charge in [0.25, 0.3) is 0 Å². The number of rotatable bonds is 6. The van der Waals surface area contributed by atoms with Crippen molar-refractivity contribution in [1.82, 2.24) is 15.1 Å². The van der Waals surface area contributed by atoms with Gasteiger partial charge in [-0.15, -0.1) is 0 Å². The smallest absolute Gasteiger partial charge is 0.327 e. The summed E-state index contributed by atoms with van der Waals surface area (Å²) >= 11 is 6.00. The number of nitrogens with zero attached hydrogens (tertiary/aromatic N) is 2. The Morgan fingerprint density at radius 3 is 2.84 bits per heavy atom. The molecule has 1 N–H and O–H groups in total. The lowest BCUT2D eigenvalue weighted by molar-refractivity contribution is -0.151. The maximum Gasteiger partial charge on any atom is 0.327 e. The summed E-state index contributed by atoms with van der Waals surface area (Å²) in [5, 5.41) is 8.26. The van der Waals surface area contributed by atoms with E-state index >= 15 is 0 Å². The SMILES string of the molecule is CCOC(=O)C(C)(Cn1cc(Cl)c(C)n1)NC1CC1. The Balaban J connectivity index is 2.14. The summed E-state index contributed by atoms with van der Waals surface area (Å²) in [7, 11) is 0. The maximum absolute atomic E-state index is 12.2. The van der Waals surface area contributed by atoms with Crippen LogP contribution in [0.25, 0.3) is 0 Å². The fourth-order valence-corrected chi connectivity index (χ4v) is 2.19. The van der Waals surface area contributed by atoms with Gasteiger partial charge in [-0.25, -0.2) is 4.79 Å². The van der Waals surface area contributed by atoms with Gasteiger partial charge in [0.2, 0.25) is 0 Å². The highest BCUT2D eigenvalue weighted by molar-refractivity contribution is 6.31. The molecule has 2 rings (SSSR count). The zero-order valence-corrected chi connectivity index (χ0v) is 12.3. The minimum Gasteiger partial charge on any atom is -0.465 e. The topological polar surface area (TPSA) is 56.2 Å². The van der Waals surface area contributed by atoms with Gasteiger partial charge in [0.15, 0.2) is 0 Å². The third-order valence-corrected chi connectivity index (χ3v) is 3.56. The third-order valence-electron chi connectivity index (χ3n) is 3.19. The molecule has 1 saturated carbocycles. The molecule has 5 nitrogen and oxygen atoms in total. The highest BCUT2D eigenvalue weighted by Crippen LogP contribution is 2.24. The fraction of sp³-hybridized carbons (Fsp3) is 0.692. The zero-order chi connectivity index (χ0) is 14.0. The average molecular weight is 286 g/mol. The number of aromatic nitrogens is 2. The predicted molar refractivity (Wildman–Crippen MR) is 73.2 cm³/mol. The van der Waals surface area contributed by atoms with Crippen LogP contribution in [0.15, 0.2) is 6.20 Å². The standard InChI is InChI=1S/C13H20ClN3O2/c1-4-19-12(18)13(3,15-10-5-6-10)8-17-7-11(14)9(2)16-17/h7,10,15H,4-6,8H2,1-3H3. The molecule has 0 amide bonds. The van der Waals surface area contributed by atoms with Gasteiger partial charge >= 0.3 is 5.97 Å². The van der Waals surface area contributed by atoms with Crippen LogP contribution in [0.4, 0.5) is 0 Å². The second-order valence-electron chi connectivity index (χ2n) is 5.23. The van der Waals surface area contributed by atoms with Crippen molar-refractivity contribution < 1.29 is 9.53 Å². The van der Waals surface area contributed by atoms with Crippen LogP contribution in [0.5, 0.6) is 0 Å². The van der Waals surface area contributed by atoms with Crippen molar-refractivity contribution >= 4 is 17.6 Å². The number of carbonyl (C=O) groups is 1. The van der Waals surface area contributed by atoms with Crippen LogP contribution >= 0.6 is 11.6 Å². The first kappa shape index (κ1) is 14.3. The highest BCUT2D eigenvalue weighted by Gasteiger charge is 2.40. The van der Waals surface area contributed by atoms with Crippen molar-refractivity contribution in [2.45, 2.75) is 51.7 Å². The van der Waals surface area contributed by atoms with Crippen LogP contribution in [-0.2, 0) is 16.1 Å². The van der Waals surface area contributed by atoms with Crippen molar-refractivity contribution in [1.29, 1.82) is 0 Å². The molecule has 0 aromatic carbocycles. The van der Waals surface area contributed by atoms with E-state index in [1.165, 1.54) is 0 Å². The van der Waals surface area contributed by atoms with E-state index < -0.39 is 5.54 Å². The summed E-state index contributed by atoms with van der Waals surface area (Å²) in [6.45, 7) is 6.29. The minimum atomic E-state index is -0.765. The molecular weight excluding hydrogens is 266 g/mol. The van der Waals surface area contributed by atoms with Crippen molar-refractivity contribution in [3.63, 3.8) is 0 Å². The average Bonchev–Trinajstić information content (AvgIpc) is 3.06. The first-order valence-electron chi connectivity index (χ1n) is 6.59. The number of aryl methyl sites for hydroxylation is 1. The lowest BCUT2D eigenvalue weighted by atomic mass is 10.0. The summed E-state index contributed by atoms with van der Waals surface area (Å²) in [5.41, 5.74) is -0.00168. The molecule has 1 atom stereocenters. The number of hydrogen-bond acceptors (Lipinski definition) is 4. The zero-order valence-electron chi connectivity index (χ0n) is 11.6. The molecule has 1 aromatic rings. The van der Waals surface area contributed by atoms with Crippen LogP contribution in [0.2, 0.25) is 5.02 Å². The maximum atomic E-state index is 12.2. The number of halogens is 1. The normalized spacial score (nSPS) is 18.1. The summed E-state index contributed by atoms with van der Waals surface area (Å²) < 4.78 is 6.87. The molecule has 0 bridgehead atoms. The van der Waals surface area contributed by atoms with E-state index in [0.717, 1.165) is 18.5 Å². The van der Waals surface area contributed by atoms with Crippen molar-refractivity contribution in [3.05, 3.63) is 16.9 Å². The molecule has 1 aliphatic carbocycles. The molecule has 0 saturated heterocycles. The van der Waals surface area contributed by atoms with Crippen LogP contribution < -0.4 is 5.32 Å². The van der Waals surface area contributed by atoms with E-state index in [9.17, 15) is 4.79 Å². The number of hydrogen-bond donors (Lipinski definition) is 1. The summed E-state index contributed by atoms with van der Waals surface area (Å²) in [4.78, 5) is 12.2. The number of nitrogens with one attached hydrogen (secondary N) is 1. The van der Waals surface area contributed by atoms with Gasteiger partial charge < -0.3 is 4.74 Å². The van der Waals surface area contributed by atoms with Crippen LogP contribution in [0.1, 0.15) is 32.4 Å². The van der Waals surface area contributed by atoms with Crippen molar-refractivity contribution in [2.75, 3.05) is 6.61 Å². The van der Waals surface area contributed by atoms with Gasteiger partial charge in [-0.05, 0) is 33.6 Å². The monoisotopic (exact) mass is 285 g/mol. The molecule has 0 spiro atoms. The third kappa shape index (κ3) is 3.48. The summed E-state index contributed by atoms with van der Waals surface area (Å²) in [6.07, 6.45) is 3.95. The second-order valence-corrected chi connectivity index (χ2v) is 5.64. The molecule has 0 radical (unpaired) electrons. The molecule has 106 valence electrons. The van der Waals surface area contributed by atoms with E-state index in [-0.39, 0.29) is 5.97 Å². The largest absolute Gasteiger partial charge is 0.465 e. The quantitative estimate of drug-likeness (QED) is 0.812. The second kappa shape index (κ2) is 5.51. The first-order chi connectivity index (χ1) is 8.94. The Morgan fingerprint density at radius 2 is 2.37 bits per heavy atom. The lowest BCUT2D eigenvalue weighted by Crippen LogP contribution is -2.54. The van der Waals surface area contributed by atoms with Crippen molar-refractivity contribution in [3.8, 4) is 0 Å². The summed E-state index contributed by atoms with van der Waals surface area (Å²) in [5.74, 6) is -0.244. The minimum absolute atomic E-state index is 0.244. The van der Waals surface area contributed by atoms with Crippen LogP contribution in [0, 0.1) is 6.92 Å². The van der Waals surface area contributed by atoms with Crippen molar-refractivity contribution in [2.24, 2.45) is 0 Å². The van der Waals surface area contributed by atoms with E-state index in [0.29, 0.717) is 24.2 Å². The molecular formula is C13H20ClN3O2. The van der Waals surface area contributed by atoms with Gasteiger partial charge in [0.05, 0.1) is 23.9 Å². The summed E-state index contributed by atoms with van der Waals surface area (Å²) in [6, 6.07) is 0.404. The lowest BCUT2D eigenvalue weighted by Gasteiger charge is -2.28. The van der Waals surface area contributed by atoms with Gasteiger partial charge in [-0.3, -0.25) is 10.00 Å². The Bertz CT molecular complexity index is 451. The molecule has 1 fully saturated rings. The van der Waals surface area contributed by atoms with Crippen LogP contribution in [-0.4, -0.2) is 33.9 Å². The van der Waals surface area contributed by atoms with E-state index in [4.69, 9.17) is 16.3 Å². The highest BCUT2D eigenvalue weighted by atomic mass is 35.5. The number of ether oxygens (including phenoxy) is 1. The van der Waals surface area contributed by atoms with Gasteiger partial charge in [-0.1, -0.05) is 11.6 Å². The Hall–Kier alpha value is -1.07. The Labute approximate surface area is 118 Å². The number of esters is 1. The Morgan fingerprint density at radius 1 is 1.68 bits per heavy atom. The van der Waals surface area contributed by atoms with E-state index in [2.05, 4.69) is 10.4 Å². The molecule has 1 unspecified atom stereocenters. The fourth-order valence-electron chi connectivity index (χ4n) is 2.04.